The first-order chi connectivity index (χ1) is 17.3. The molecule has 5 rings (SSSR count). The molecule has 0 N–H and O–H groups in total. The van der Waals surface area contributed by atoms with Gasteiger partial charge in [-0.05, 0) is 52.4 Å². The van der Waals surface area contributed by atoms with Gasteiger partial charge in [0.15, 0.2) is 6.29 Å². The zero-order valence-corrected chi connectivity index (χ0v) is 19.5. The first kappa shape index (κ1) is 22.4. The molecule has 0 bridgehead atoms. The lowest BCUT2D eigenvalue weighted by atomic mass is 10.0. The third-order valence-corrected chi connectivity index (χ3v) is 6.15. The molecule has 0 heterocycles. The van der Waals surface area contributed by atoms with Crippen molar-refractivity contribution in [3.63, 3.8) is 0 Å². The van der Waals surface area contributed by atoms with Crippen molar-refractivity contribution in [2.24, 2.45) is 0 Å². The molecule has 0 saturated carbocycles. The van der Waals surface area contributed by atoms with E-state index in [1.807, 2.05) is 48.5 Å². The van der Waals surface area contributed by atoms with Gasteiger partial charge in [0.05, 0.1) is 0 Å². The normalized spacial score (nSPS) is 10.7. The Hall–Kier alpha value is -4.37. The zero-order chi connectivity index (χ0) is 23.9. The molecule has 0 aromatic heterocycles. The third kappa shape index (κ3) is 5.42. The predicted molar refractivity (Wildman–Crippen MR) is 143 cm³/mol. The molecule has 0 radical (unpaired) electrons. The highest BCUT2D eigenvalue weighted by Gasteiger charge is 2.15. The molecular formula is C32H27NO2. The number of aldehydes is 1. The van der Waals surface area contributed by atoms with Crippen LogP contribution in [0.3, 0.4) is 0 Å². The van der Waals surface area contributed by atoms with Crippen LogP contribution in [0.15, 0.2) is 121 Å². The summed E-state index contributed by atoms with van der Waals surface area (Å²) in [6.45, 7) is 1.99. The second kappa shape index (κ2) is 10.7. The van der Waals surface area contributed by atoms with Crippen molar-refractivity contribution in [3.05, 3.63) is 144 Å². The number of rotatable bonds is 9. The molecule has 0 spiro atoms. The first-order valence-electron chi connectivity index (χ1n) is 11.8. The van der Waals surface area contributed by atoms with Gasteiger partial charge in [-0.2, -0.15) is 0 Å². The van der Waals surface area contributed by atoms with Crippen molar-refractivity contribution < 1.29 is 9.53 Å². The van der Waals surface area contributed by atoms with Crippen LogP contribution >= 0.6 is 0 Å². The molecule has 0 atom stereocenters. The summed E-state index contributed by atoms with van der Waals surface area (Å²) in [6.07, 6.45) is 0.926. The van der Waals surface area contributed by atoms with Gasteiger partial charge in [-0.15, -0.1) is 0 Å². The molecule has 35 heavy (non-hydrogen) atoms. The summed E-state index contributed by atoms with van der Waals surface area (Å²) in [5, 5.41) is 1.93. The minimum Gasteiger partial charge on any atom is -0.489 e. The Morgan fingerprint density at radius 1 is 0.600 bits per heavy atom. The molecule has 172 valence electrons. The summed E-state index contributed by atoms with van der Waals surface area (Å²) >= 11 is 0. The SMILES string of the molecule is O=Cc1ccc(N(Cc2ccccc2)Cc2ccccc2)c2cc(OCc3ccccc3)ccc12. The molecule has 0 unspecified atom stereocenters. The van der Waals surface area contributed by atoms with Crippen LogP contribution < -0.4 is 9.64 Å². The van der Waals surface area contributed by atoms with Gasteiger partial charge in [0, 0.05) is 29.7 Å². The standard InChI is InChI=1S/C32H27NO2/c34-23-28-16-19-32(31-20-29(17-18-30(28)31)35-24-27-14-8-3-9-15-27)33(21-25-10-4-1-5-11-25)22-26-12-6-2-7-13-26/h1-20,23H,21-22,24H2. The molecule has 3 heteroatoms. The average molecular weight is 458 g/mol. The Labute approximate surface area is 206 Å². The lowest BCUT2D eigenvalue weighted by Gasteiger charge is -2.27. The maximum Gasteiger partial charge on any atom is 0.150 e. The van der Waals surface area contributed by atoms with E-state index < -0.39 is 0 Å². The molecule has 0 aliphatic rings. The van der Waals surface area contributed by atoms with Crippen molar-refractivity contribution in [2.75, 3.05) is 4.90 Å². The van der Waals surface area contributed by atoms with Gasteiger partial charge in [0.2, 0.25) is 0 Å². The van der Waals surface area contributed by atoms with Crippen LogP contribution in [-0.4, -0.2) is 6.29 Å². The molecular weight excluding hydrogens is 430 g/mol. The van der Waals surface area contributed by atoms with Crippen LogP contribution in [0.25, 0.3) is 10.8 Å². The van der Waals surface area contributed by atoms with Gasteiger partial charge in [0.1, 0.15) is 12.4 Å². The monoisotopic (exact) mass is 457 g/mol. The fraction of sp³-hybridized carbons (Fsp3) is 0.0938. The fourth-order valence-electron chi connectivity index (χ4n) is 4.38. The quantitative estimate of drug-likeness (QED) is 0.215. The molecule has 0 aliphatic carbocycles. The number of hydrogen-bond acceptors (Lipinski definition) is 3. The van der Waals surface area contributed by atoms with E-state index in [2.05, 4.69) is 77.7 Å². The highest BCUT2D eigenvalue weighted by atomic mass is 16.5. The van der Waals surface area contributed by atoms with Crippen molar-refractivity contribution in [1.82, 2.24) is 0 Å². The molecule has 0 fully saturated rings. The summed E-state index contributed by atoms with van der Waals surface area (Å²) in [6, 6.07) is 41.0. The number of anilines is 1. The minimum absolute atomic E-state index is 0.493. The minimum atomic E-state index is 0.493. The second-order valence-electron chi connectivity index (χ2n) is 8.60. The number of nitrogens with zero attached hydrogens (tertiary/aromatic N) is 1. The third-order valence-electron chi connectivity index (χ3n) is 6.15. The summed E-state index contributed by atoms with van der Waals surface area (Å²) in [5.74, 6) is 0.782. The highest BCUT2D eigenvalue weighted by molar-refractivity contribution is 6.04. The predicted octanol–water partition coefficient (Wildman–Crippen LogP) is 7.44. The van der Waals surface area contributed by atoms with Gasteiger partial charge in [-0.3, -0.25) is 4.79 Å². The van der Waals surface area contributed by atoms with E-state index in [0.717, 1.165) is 47.1 Å². The highest BCUT2D eigenvalue weighted by Crippen LogP contribution is 2.34. The molecule has 3 nitrogen and oxygen atoms in total. The molecule has 5 aromatic carbocycles. The van der Waals surface area contributed by atoms with E-state index in [4.69, 9.17) is 4.74 Å². The fourth-order valence-corrected chi connectivity index (χ4v) is 4.38. The number of fused-ring (bicyclic) bond motifs is 1. The van der Waals surface area contributed by atoms with Crippen molar-refractivity contribution >= 4 is 22.7 Å². The molecule has 5 aromatic rings. The number of carbonyl (C=O) groups is 1. The Kier molecular flexibility index (Phi) is 6.86. The van der Waals surface area contributed by atoms with E-state index in [9.17, 15) is 4.79 Å². The van der Waals surface area contributed by atoms with Crippen LogP contribution in [0.2, 0.25) is 0 Å². The Bertz CT molecular complexity index is 1360. The maximum absolute atomic E-state index is 11.8. The van der Waals surface area contributed by atoms with Gasteiger partial charge in [-0.25, -0.2) is 0 Å². The van der Waals surface area contributed by atoms with Crippen molar-refractivity contribution in [2.45, 2.75) is 19.7 Å². The van der Waals surface area contributed by atoms with Gasteiger partial charge < -0.3 is 9.64 Å². The van der Waals surface area contributed by atoms with Crippen molar-refractivity contribution in [3.8, 4) is 5.75 Å². The smallest absolute Gasteiger partial charge is 0.150 e. The van der Waals surface area contributed by atoms with Gasteiger partial charge >= 0.3 is 0 Å². The van der Waals surface area contributed by atoms with Crippen LogP contribution in [0, 0.1) is 0 Å². The Balaban J connectivity index is 1.55. The summed E-state index contributed by atoms with van der Waals surface area (Å²) in [5.41, 5.74) is 5.32. The number of ether oxygens (including phenoxy) is 1. The zero-order valence-electron chi connectivity index (χ0n) is 19.5. The maximum atomic E-state index is 11.8. The summed E-state index contributed by atoms with van der Waals surface area (Å²) in [7, 11) is 0. The average Bonchev–Trinajstić information content (AvgIpc) is 2.92. The van der Waals surface area contributed by atoms with E-state index >= 15 is 0 Å². The second-order valence-corrected chi connectivity index (χ2v) is 8.60. The van der Waals surface area contributed by atoms with E-state index in [-0.39, 0.29) is 0 Å². The molecule has 0 amide bonds. The van der Waals surface area contributed by atoms with Crippen LogP contribution in [0.4, 0.5) is 5.69 Å². The first-order valence-corrected chi connectivity index (χ1v) is 11.8. The van der Waals surface area contributed by atoms with Crippen LogP contribution in [0.5, 0.6) is 5.75 Å². The topological polar surface area (TPSA) is 29.5 Å². The van der Waals surface area contributed by atoms with Crippen LogP contribution in [-0.2, 0) is 19.7 Å². The Morgan fingerprint density at radius 3 is 1.74 bits per heavy atom. The Morgan fingerprint density at radius 2 is 1.17 bits per heavy atom. The largest absolute Gasteiger partial charge is 0.489 e. The van der Waals surface area contributed by atoms with E-state index in [1.165, 1.54) is 11.1 Å². The summed E-state index contributed by atoms with van der Waals surface area (Å²) < 4.78 is 6.14. The molecule has 0 aliphatic heterocycles. The molecule has 0 saturated heterocycles. The van der Waals surface area contributed by atoms with E-state index in [1.54, 1.807) is 0 Å². The van der Waals surface area contributed by atoms with Crippen LogP contribution in [0.1, 0.15) is 27.0 Å². The lowest BCUT2D eigenvalue weighted by Crippen LogP contribution is -2.22. The van der Waals surface area contributed by atoms with E-state index in [0.29, 0.717) is 12.2 Å². The summed E-state index contributed by atoms with van der Waals surface area (Å²) in [4.78, 5) is 14.2. The number of hydrogen-bond donors (Lipinski definition) is 0. The van der Waals surface area contributed by atoms with Gasteiger partial charge in [-0.1, -0.05) is 91.0 Å². The lowest BCUT2D eigenvalue weighted by molar-refractivity contribution is 0.112. The van der Waals surface area contributed by atoms with Gasteiger partial charge in [0.25, 0.3) is 0 Å². The van der Waals surface area contributed by atoms with Crippen molar-refractivity contribution in [1.29, 1.82) is 0 Å². The number of carbonyl (C=O) groups excluding carboxylic acids is 1. The number of benzene rings is 5.